The number of nitrogen functional groups attached to an aromatic ring is 1. The minimum absolute atomic E-state index is 0.559. The first-order valence-corrected chi connectivity index (χ1v) is 7.51. The van der Waals surface area contributed by atoms with Crippen LogP contribution in [0.15, 0.2) is 30.9 Å². The third kappa shape index (κ3) is 2.55. The van der Waals surface area contributed by atoms with Crippen LogP contribution in [0.2, 0.25) is 0 Å². The molecular formula is C16H22N4. The van der Waals surface area contributed by atoms with Gasteiger partial charge < -0.3 is 10.3 Å². The molecule has 1 aliphatic carbocycles. The number of anilines is 1. The van der Waals surface area contributed by atoms with E-state index in [4.69, 9.17) is 5.73 Å². The highest BCUT2D eigenvalue weighted by molar-refractivity contribution is 5.59. The van der Waals surface area contributed by atoms with E-state index in [1.807, 2.05) is 30.9 Å². The van der Waals surface area contributed by atoms with Crippen LogP contribution in [-0.2, 0) is 0 Å². The van der Waals surface area contributed by atoms with Crippen molar-refractivity contribution in [1.29, 1.82) is 0 Å². The molecule has 2 heterocycles. The molecule has 0 spiro atoms. The quantitative estimate of drug-likeness (QED) is 0.925. The van der Waals surface area contributed by atoms with Crippen molar-refractivity contribution in [1.82, 2.24) is 14.5 Å². The first-order chi connectivity index (χ1) is 9.78. The van der Waals surface area contributed by atoms with Crippen LogP contribution >= 0.6 is 0 Å². The van der Waals surface area contributed by atoms with Gasteiger partial charge in [-0.1, -0.05) is 13.3 Å². The highest BCUT2D eigenvalue weighted by Crippen LogP contribution is 2.36. The predicted molar refractivity (Wildman–Crippen MR) is 81.2 cm³/mol. The van der Waals surface area contributed by atoms with E-state index in [2.05, 4.69) is 21.5 Å². The Hall–Kier alpha value is -1.84. The smallest absolute Gasteiger partial charge is 0.123 e. The summed E-state index contributed by atoms with van der Waals surface area (Å²) in [5.41, 5.74) is 7.90. The molecule has 2 aromatic rings. The summed E-state index contributed by atoms with van der Waals surface area (Å²) in [7, 11) is 0. The van der Waals surface area contributed by atoms with Gasteiger partial charge in [-0.25, -0.2) is 9.97 Å². The van der Waals surface area contributed by atoms with E-state index >= 15 is 0 Å². The lowest BCUT2D eigenvalue weighted by Crippen LogP contribution is -2.18. The Labute approximate surface area is 120 Å². The molecule has 0 amide bonds. The van der Waals surface area contributed by atoms with Gasteiger partial charge in [0.1, 0.15) is 5.82 Å². The third-order valence-electron chi connectivity index (χ3n) is 4.54. The lowest BCUT2D eigenvalue weighted by molar-refractivity contribution is 0.271. The highest BCUT2D eigenvalue weighted by atomic mass is 15.1. The molecule has 2 aromatic heterocycles. The Morgan fingerprint density at radius 1 is 1.20 bits per heavy atom. The monoisotopic (exact) mass is 270 g/mol. The molecular weight excluding hydrogens is 248 g/mol. The normalized spacial score (nSPS) is 22.9. The summed E-state index contributed by atoms with van der Waals surface area (Å²) in [6, 6.07) is 4.45. The van der Waals surface area contributed by atoms with Gasteiger partial charge in [0.25, 0.3) is 0 Å². The fraction of sp³-hybridized carbons (Fsp3) is 0.500. The van der Waals surface area contributed by atoms with Gasteiger partial charge in [-0.3, -0.25) is 0 Å². The highest BCUT2D eigenvalue weighted by Gasteiger charge is 2.22. The number of aromatic nitrogens is 3. The Morgan fingerprint density at radius 2 is 2.00 bits per heavy atom. The summed E-state index contributed by atoms with van der Waals surface area (Å²) in [6.45, 7) is 2.30. The van der Waals surface area contributed by atoms with Crippen molar-refractivity contribution in [3.8, 4) is 11.3 Å². The summed E-state index contributed by atoms with van der Waals surface area (Å²) in [5, 5.41) is 0. The van der Waals surface area contributed by atoms with Crippen LogP contribution in [0.1, 0.15) is 45.1 Å². The Bertz CT molecular complexity index is 550. The van der Waals surface area contributed by atoms with Gasteiger partial charge in [0, 0.05) is 17.8 Å². The molecule has 0 atom stereocenters. The number of nitrogens with two attached hydrogens (primary N) is 1. The van der Waals surface area contributed by atoms with Crippen LogP contribution in [0.4, 0.5) is 5.82 Å². The van der Waals surface area contributed by atoms with Crippen molar-refractivity contribution in [2.24, 2.45) is 5.92 Å². The van der Waals surface area contributed by atoms with Gasteiger partial charge in [0.15, 0.2) is 0 Å². The van der Waals surface area contributed by atoms with Crippen molar-refractivity contribution in [2.45, 2.75) is 45.1 Å². The second kappa shape index (κ2) is 5.65. The third-order valence-corrected chi connectivity index (χ3v) is 4.54. The van der Waals surface area contributed by atoms with Gasteiger partial charge in [-0.05, 0) is 43.7 Å². The summed E-state index contributed by atoms with van der Waals surface area (Å²) in [6.07, 6.45) is 12.2. The maximum atomic E-state index is 5.66. The molecule has 2 N–H and O–H groups in total. The summed E-state index contributed by atoms with van der Waals surface area (Å²) in [5.74, 6) is 1.47. The molecule has 0 radical (unpaired) electrons. The molecule has 4 nitrogen and oxygen atoms in total. The molecule has 3 rings (SSSR count). The molecule has 1 fully saturated rings. The Kier molecular flexibility index (Phi) is 3.72. The fourth-order valence-corrected chi connectivity index (χ4v) is 3.21. The van der Waals surface area contributed by atoms with Crippen LogP contribution in [0.5, 0.6) is 0 Å². The van der Waals surface area contributed by atoms with Crippen LogP contribution in [0.3, 0.4) is 0 Å². The van der Waals surface area contributed by atoms with E-state index in [1.165, 1.54) is 32.1 Å². The van der Waals surface area contributed by atoms with E-state index in [-0.39, 0.29) is 0 Å². The van der Waals surface area contributed by atoms with Gasteiger partial charge in [-0.15, -0.1) is 0 Å². The van der Waals surface area contributed by atoms with Gasteiger partial charge in [0.2, 0.25) is 0 Å². The average Bonchev–Trinajstić information content (AvgIpc) is 2.97. The number of hydrogen-bond donors (Lipinski definition) is 1. The van der Waals surface area contributed by atoms with Crippen molar-refractivity contribution < 1.29 is 0 Å². The van der Waals surface area contributed by atoms with Crippen molar-refractivity contribution in [3.63, 3.8) is 0 Å². The number of hydrogen-bond acceptors (Lipinski definition) is 3. The van der Waals surface area contributed by atoms with Crippen LogP contribution < -0.4 is 5.73 Å². The van der Waals surface area contributed by atoms with Crippen LogP contribution in [-0.4, -0.2) is 14.5 Å². The molecule has 20 heavy (non-hydrogen) atoms. The van der Waals surface area contributed by atoms with Gasteiger partial charge in [0.05, 0.1) is 18.2 Å². The summed E-state index contributed by atoms with van der Waals surface area (Å²) >= 11 is 0. The topological polar surface area (TPSA) is 56.7 Å². The van der Waals surface area contributed by atoms with E-state index in [0.717, 1.165) is 17.2 Å². The van der Waals surface area contributed by atoms with E-state index in [9.17, 15) is 0 Å². The maximum absolute atomic E-state index is 5.66. The standard InChI is InChI=1S/C16H22N4/c1-2-12-3-6-14(7-4-12)20-11-18-10-15(20)13-5-8-16(17)19-9-13/h5,8-12,14H,2-4,6-7H2,1H3,(H2,17,19). The zero-order chi connectivity index (χ0) is 13.9. The van der Waals surface area contributed by atoms with E-state index in [0.29, 0.717) is 11.9 Å². The molecule has 0 aromatic carbocycles. The van der Waals surface area contributed by atoms with Crippen molar-refractivity contribution in [2.75, 3.05) is 5.73 Å². The SMILES string of the molecule is CCC1CCC(n2cncc2-c2ccc(N)nc2)CC1. The van der Waals surface area contributed by atoms with Crippen molar-refractivity contribution >= 4 is 5.82 Å². The Balaban J connectivity index is 1.82. The predicted octanol–water partition coefficient (Wildman–Crippen LogP) is 3.67. The summed E-state index contributed by atoms with van der Waals surface area (Å²) < 4.78 is 2.32. The average molecular weight is 270 g/mol. The molecule has 1 aliphatic rings. The number of pyridine rings is 1. The fourth-order valence-electron chi connectivity index (χ4n) is 3.21. The molecule has 106 valence electrons. The molecule has 0 aliphatic heterocycles. The second-order valence-corrected chi connectivity index (χ2v) is 5.74. The molecule has 1 saturated carbocycles. The largest absolute Gasteiger partial charge is 0.384 e. The van der Waals surface area contributed by atoms with Crippen molar-refractivity contribution in [3.05, 3.63) is 30.9 Å². The van der Waals surface area contributed by atoms with Gasteiger partial charge >= 0.3 is 0 Å². The van der Waals surface area contributed by atoms with E-state index < -0.39 is 0 Å². The summed E-state index contributed by atoms with van der Waals surface area (Å²) in [4.78, 5) is 8.52. The molecule has 0 bridgehead atoms. The maximum Gasteiger partial charge on any atom is 0.123 e. The van der Waals surface area contributed by atoms with Gasteiger partial charge in [-0.2, -0.15) is 0 Å². The zero-order valence-corrected chi connectivity index (χ0v) is 12.0. The lowest BCUT2D eigenvalue weighted by Gasteiger charge is -2.29. The van der Waals surface area contributed by atoms with Crippen LogP contribution in [0.25, 0.3) is 11.3 Å². The number of imidazole rings is 1. The molecule has 0 unspecified atom stereocenters. The second-order valence-electron chi connectivity index (χ2n) is 5.74. The molecule has 0 saturated heterocycles. The first kappa shape index (κ1) is 13.2. The lowest BCUT2D eigenvalue weighted by atomic mass is 9.84. The minimum atomic E-state index is 0.559. The number of rotatable bonds is 3. The Morgan fingerprint density at radius 3 is 2.65 bits per heavy atom. The minimum Gasteiger partial charge on any atom is -0.384 e. The van der Waals surface area contributed by atoms with Crippen LogP contribution in [0, 0.1) is 5.92 Å². The van der Waals surface area contributed by atoms with E-state index in [1.54, 1.807) is 0 Å². The molecule has 4 heteroatoms. The first-order valence-electron chi connectivity index (χ1n) is 7.51. The number of nitrogens with zero attached hydrogens (tertiary/aromatic N) is 3. The zero-order valence-electron chi connectivity index (χ0n) is 12.0.